The largest absolute Gasteiger partial charge is 0.336 e. The summed E-state index contributed by atoms with van der Waals surface area (Å²) in [5.41, 5.74) is 0.768. The number of nitrogens with one attached hydrogen (secondary N) is 1. The average Bonchev–Trinajstić information content (AvgIpc) is 3.03. The van der Waals surface area contributed by atoms with E-state index in [9.17, 15) is 18.1 Å². The first kappa shape index (κ1) is 20.2. The van der Waals surface area contributed by atoms with Gasteiger partial charge in [0.05, 0.1) is 35.5 Å². The number of hydrogen-bond donors (Lipinski definition) is 1. The second kappa shape index (κ2) is 7.46. The van der Waals surface area contributed by atoms with E-state index in [2.05, 4.69) is 10.8 Å². The highest BCUT2D eigenvalue weighted by atomic mass is 35.5. The number of sulfonamides is 1. The number of anilines is 1. The number of nitrogens with zero attached hydrogens (tertiary/aromatic N) is 2. The number of fused-ring (bicyclic) bond motifs is 1. The fraction of sp³-hybridized carbons (Fsp3) is 0.250. The van der Waals surface area contributed by atoms with Crippen LogP contribution in [0.1, 0.15) is 25.3 Å². The molecule has 2 aromatic carbocycles. The normalized spacial score (nSPS) is 13.8. The summed E-state index contributed by atoms with van der Waals surface area (Å²) in [7, 11) is -3.58. The van der Waals surface area contributed by atoms with E-state index in [4.69, 9.17) is 11.6 Å². The van der Waals surface area contributed by atoms with Gasteiger partial charge in [0.15, 0.2) is 0 Å². The maximum absolute atomic E-state index is 14.3. The molecule has 0 aliphatic heterocycles. The van der Waals surface area contributed by atoms with Crippen LogP contribution >= 0.6 is 11.6 Å². The lowest BCUT2D eigenvalue weighted by molar-refractivity contribution is 0.359. The van der Waals surface area contributed by atoms with Gasteiger partial charge in [-0.25, -0.2) is 12.8 Å². The summed E-state index contributed by atoms with van der Waals surface area (Å²) in [6.45, 7) is 1.95. The van der Waals surface area contributed by atoms with Crippen molar-refractivity contribution in [2.75, 3.05) is 11.0 Å². The quantitative estimate of drug-likeness (QED) is 0.619. The summed E-state index contributed by atoms with van der Waals surface area (Å²) in [4.78, 5) is 0. The Morgan fingerprint density at radius 3 is 2.50 bits per heavy atom. The molecule has 1 atom stereocenters. The lowest BCUT2D eigenvalue weighted by Gasteiger charge is -2.34. The molecule has 5 nitrogen and oxygen atoms in total. The van der Waals surface area contributed by atoms with Crippen molar-refractivity contribution >= 4 is 38.2 Å². The van der Waals surface area contributed by atoms with E-state index in [1.54, 1.807) is 24.4 Å². The number of rotatable bonds is 6. The molecule has 1 aromatic heterocycles. The van der Waals surface area contributed by atoms with Crippen LogP contribution in [0.2, 0.25) is 5.02 Å². The van der Waals surface area contributed by atoms with Crippen molar-refractivity contribution in [2.24, 2.45) is 0 Å². The van der Waals surface area contributed by atoms with Crippen LogP contribution in [0.15, 0.2) is 48.7 Å². The molecule has 0 radical (unpaired) electrons. The summed E-state index contributed by atoms with van der Waals surface area (Å²) in [6, 6.07) is 13.7. The Labute approximate surface area is 168 Å². The molecule has 0 saturated heterocycles. The first-order chi connectivity index (χ1) is 13.2. The summed E-state index contributed by atoms with van der Waals surface area (Å²) in [5, 5.41) is 10.7. The molecule has 3 rings (SSSR count). The van der Waals surface area contributed by atoms with E-state index in [-0.39, 0.29) is 12.1 Å². The Morgan fingerprint density at radius 1 is 1.25 bits per heavy atom. The van der Waals surface area contributed by atoms with Gasteiger partial charge >= 0.3 is 0 Å². The van der Waals surface area contributed by atoms with Crippen LogP contribution in [-0.2, 0) is 15.6 Å². The van der Waals surface area contributed by atoms with Crippen molar-refractivity contribution in [1.82, 2.24) is 4.57 Å². The highest BCUT2D eigenvalue weighted by Gasteiger charge is 2.33. The molecule has 28 heavy (non-hydrogen) atoms. The molecular weight excluding hydrogens is 401 g/mol. The summed E-state index contributed by atoms with van der Waals surface area (Å²) in [5.74, 6) is -0.573. The Morgan fingerprint density at radius 2 is 1.93 bits per heavy atom. The van der Waals surface area contributed by atoms with Crippen molar-refractivity contribution in [3.05, 3.63) is 65.1 Å². The molecule has 1 N–H and O–H groups in total. The molecule has 0 aliphatic carbocycles. The molecule has 1 unspecified atom stereocenters. The SMILES string of the molecule is CCC(CC#N)(c1ccc(Cl)cc1)n1ccc2c(NS(C)(=O)=O)cc(F)cc21. The number of halogens is 2. The van der Waals surface area contributed by atoms with Gasteiger partial charge in [-0.2, -0.15) is 5.26 Å². The van der Waals surface area contributed by atoms with Gasteiger partial charge in [-0.1, -0.05) is 30.7 Å². The third kappa shape index (κ3) is 3.71. The fourth-order valence-electron chi connectivity index (χ4n) is 3.58. The van der Waals surface area contributed by atoms with Crippen LogP contribution in [0.4, 0.5) is 10.1 Å². The van der Waals surface area contributed by atoms with Gasteiger partial charge < -0.3 is 4.57 Å². The van der Waals surface area contributed by atoms with Crippen molar-refractivity contribution in [2.45, 2.75) is 25.3 Å². The van der Waals surface area contributed by atoms with Crippen LogP contribution in [-0.4, -0.2) is 19.2 Å². The van der Waals surface area contributed by atoms with Gasteiger partial charge in [0.1, 0.15) is 5.82 Å². The van der Waals surface area contributed by atoms with Crippen molar-refractivity contribution < 1.29 is 12.8 Å². The van der Waals surface area contributed by atoms with Gasteiger partial charge in [0.25, 0.3) is 0 Å². The molecule has 0 fully saturated rings. The number of aromatic nitrogens is 1. The van der Waals surface area contributed by atoms with Crippen molar-refractivity contribution in [3.63, 3.8) is 0 Å². The third-order valence-electron chi connectivity index (χ3n) is 4.87. The zero-order valence-electron chi connectivity index (χ0n) is 15.4. The van der Waals surface area contributed by atoms with E-state index in [1.807, 2.05) is 23.6 Å². The standard InChI is InChI=1S/C20H19ClFN3O2S/c1-3-20(9-10-23,14-4-6-15(21)7-5-14)25-11-8-17-18(24-28(2,26)27)12-16(22)13-19(17)25/h4-8,11-13,24H,3,9H2,1-2H3. The summed E-state index contributed by atoms with van der Waals surface area (Å²) in [6.07, 6.45) is 3.49. The average molecular weight is 420 g/mol. The minimum Gasteiger partial charge on any atom is -0.336 e. The second-order valence-electron chi connectivity index (χ2n) is 6.67. The van der Waals surface area contributed by atoms with Gasteiger partial charge in [-0.05, 0) is 42.3 Å². The van der Waals surface area contributed by atoms with E-state index in [0.717, 1.165) is 17.9 Å². The van der Waals surface area contributed by atoms with Crippen LogP contribution in [0.25, 0.3) is 10.9 Å². The Hall–Kier alpha value is -2.56. The smallest absolute Gasteiger partial charge is 0.229 e. The Bertz CT molecular complexity index is 1170. The van der Waals surface area contributed by atoms with E-state index in [1.165, 1.54) is 6.07 Å². The molecular formula is C20H19ClFN3O2S. The number of hydrogen-bond acceptors (Lipinski definition) is 3. The number of benzene rings is 2. The molecule has 0 spiro atoms. The molecule has 0 aliphatic rings. The summed E-state index contributed by atoms with van der Waals surface area (Å²) < 4.78 is 41.9. The van der Waals surface area contributed by atoms with Crippen molar-refractivity contribution in [1.29, 1.82) is 5.26 Å². The summed E-state index contributed by atoms with van der Waals surface area (Å²) >= 11 is 6.02. The number of nitriles is 1. The van der Waals surface area contributed by atoms with E-state index >= 15 is 0 Å². The minimum absolute atomic E-state index is 0.153. The van der Waals surface area contributed by atoms with Gasteiger partial charge in [0, 0.05) is 16.6 Å². The van der Waals surface area contributed by atoms with Crippen molar-refractivity contribution in [3.8, 4) is 6.07 Å². The monoisotopic (exact) mass is 419 g/mol. The topological polar surface area (TPSA) is 74.9 Å². The Kier molecular flexibility index (Phi) is 5.37. The first-order valence-corrected chi connectivity index (χ1v) is 10.9. The third-order valence-corrected chi connectivity index (χ3v) is 5.71. The molecule has 146 valence electrons. The highest BCUT2D eigenvalue weighted by molar-refractivity contribution is 7.92. The van der Waals surface area contributed by atoms with Gasteiger partial charge in [0.2, 0.25) is 10.0 Å². The molecule has 1 heterocycles. The maximum Gasteiger partial charge on any atom is 0.229 e. The van der Waals surface area contributed by atoms with E-state index in [0.29, 0.717) is 22.3 Å². The lowest BCUT2D eigenvalue weighted by Crippen LogP contribution is -2.33. The van der Waals surface area contributed by atoms with Crippen LogP contribution in [0, 0.1) is 17.1 Å². The maximum atomic E-state index is 14.3. The first-order valence-electron chi connectivity index (χ1n) is 8.62. The van der Waals surface area contributed by atoms with E-state index < -0.39 is 21.4 Å². The Balaban J connectivity index is 2.30. The molecule has 8 heteroatoms. The molecule has 0 saturated carbocycles. The highest BCUT2D eigenvalue weighted by Crippen LogP contribution is 2.39. The van der Waals surface area contributed by atoms with Crippen LogP contribution < -0.4 is 4.72 Å². The van der Waals surface area contributed by atoms with Gasteiger partial charge in [-0.3, -0.25) is 4.72 Å². The predicted molar refractivity (Wildman–Crippen MR) is 109 cm³/mol. The fourth-order valence-corrected chi connectivity index (χ4v) is 4.28. The van der Waals surface area contributed by atoms with Crippen LogP contribution in [0.3, 0.4) is 0 Å². The molecule has 0 bridgehead atoms. The van der Waals surface area contributed by atoms with Crippen LogP contribution in [0.5, 0.6) is 0 Å². The second-order valence-corrected chi connectivity index (χ2v) is 8.86. The zero-order valence-corrected chi connectivity index (χ0v) is 17.0. The predicted octanol–water partition coefficient (Wildman–Crippen LogP) is 4.87. The zero-order chi connectivity index (χ0) is 20.5. The van der Waals surface area contributed by atoms with Gasteiger partial charge in [-0.15, -0.1) is 0 Å². The molecule has 0 amide bonds. The lowest BCUT2D eigenvalue weighted by atomic mass is 9.84. The minimum atomic E-state index is -3.58. The molecule has 3 aromatic rings.